The first kappa shape index (κ1) is 17.9. The number of aromatic carboxylic acids is 2. The van der Waals surface area contributed by atoms with Crippen LogP contribution in [0.15, 0.2) is 36.7 Å². The molecule has 0 amide bonds. The molecule has 0 aliphatic heterocycles. The fourth-order valence-corrected chi connectivity index (χ4v) is 2.57. The van der Waals surface area contributed by atoms with E-state index in [-0.39, 0.29) is 16.8 Å². The molecule has 0 unspecified atom stereocenters. The van der Waals surface area contributed by atoms with Crippen molar-refractivity contribution in [2.75, 3.05) is 19.5 Å². The van der Waals surface area contributed by atoms with Gasteiger partial charge in [0.15, 0.2) is 11.5 Å². The van der Waals surface area contributed by atoms with Gasteiger partial charge in [-0.25, -0.2) is 19.6 Å². The highest BCUT2D eigenvalue weighted by atomic mass is 16.5. The van der Waals surface area contributed by atoms with Crippen LogP contribution < -0.4 is 14.8 Å². The molecule has 27 heavy (non-hydrogen) atoms. The number of carboxylic acid groups (broad SMARTS) is 2. The minimum Gasteiger partial charge on any atom is -0.493 e. The van der Waals surface area contributed by atoms with E-state index in [4.69, 9.17) is 9.47 Å². The summed E-state index contributed by atoms with van der Waals surface area (Å²) in [5.41, 5.74) is 0.519. The smallest absolute Gasteiger partial charge is 0.335 e. The van der Waals surface area contributed by atoms with Gasteiger partial charge in [-0.15, -0.1) is 0 Å². The van der Waals surface area contributed by atoms with Gasteiger partial charge < -0.3 is 25.0 Å². The Kier molecular flexibility index (Phi) is 4.75. The summed E-state index contributed by atoms with van der Waals surface area (Å²) >= 11 is 0. The molecule has 3 N–H and O–H groups in total. The predicted octanol–water partition coefficient (Wildman–Crippen LogP) is 2.79. The number of hydrogen-bond acceptors (Lipinski definition) is 7. The van der Waals surface area contributed by atoms with Crippen molar-refractivity contribution in [1.29, 1.82) is 0 Å². The highest BCUT2D eigenvalue weighted by Crippen LogP contribution is 2.34. The second-order valence-corrected chi connectivity index (χ2v) is 5.48. The monoisotopic (exact) mass is 369 g/mol. The fourth-order valence-electron chi connectivity index (χ4n) is 2.57. The zero-order valence-corrected chi connectivity index (χ0v) is 14.4. The van der Waals surface area contributed by atoms with Crippen molar-refractivity contribution in [2.45, 2.75) is 0 Å². The zero-order chi connectivity index (χ0) is 19.6. The number of nitrogens with zero attached hydrogens (tertiary/aromatic N) is 2. The van der Waals surface area contributed by atoms with E-state index in [1.807, 2.05) is 0 Å². The van der Waals surface area contributed by atoms with Crippen LogP contribution in [0, 0.1) is 0 Å². The van der Waals surface area contributed by atoms with Gasteiger partial charge in [-0.3, -0.25) is 0 Å². The molecular formula is C18H15N3O6. The molecule has 0 spiro atoms. The number of methoxy groups -OCH3 is 2. The Hall–Kier alpha value is -3.88. The van der Waals surface area contributed by atoms with Crippen LogP contribution in [0.1, 0.15) is 20.7 Å². The summed E-state index contributed by atoms with van der Waals surface area (Å²) in [5, 5.41) is 21.9. The molecule has 2 aromatic carbocycles. The number of fused-ring (bicyclic) bond motifs is 1. The van der Waals surface area contributed by atoms with Gasteiger partial charge in [-0.2, -0.15) is 0 Å². The maximum absolute atomic E-state index is 11.3. The van der Waals surface area contributed by atoms with Crippen LogP contribution in [0.5, 0.6) is 11.5 Å². The normalized spacial score (nSPS) is 10.4. The van der Waals surface area contributed by atoms with E-state index < -0.39 is 11.9 Å². The van der Waals surface area contributed by atoms with E-state index in [1.165, 1.54) is 32.7 Å². The number of carbonyl (C=O) groups is 2. The summed E-state index contributed by atoms with van der Waals surface area (Å²) in [6, 6.07) is 7.09. The number of hydrogen-bond donors (Lipinski definition) is 3. The van der Waals surface area contributed by atoms with Crippen LogP contribution >= 0.6 is 0 Å². The molecule has 3 rings (SSSR count). The topological polar surface area (TPSA) is 131 Å². The molecule has 0 aliphatic rings. The van der Waals surface area contributed by atoms with Gasteiger partial charge in [0.05, 0.1) is 30.9 Å². The van der Waals surface area contributed by atoms with Gasteiger partial charge in [0.1, 0.15) is 12.1 Å². The summed E-state index contributed by atoms with van der Waals surface area (Å²) < 4.78 is 10.5. The standard InChI is InChI=1S/C18H15N3O6/c1-26-14-6-12-13(7-15(14)27-2)19-8-20-16(12)21-11-4-9(17(22)23)3-10(5-11)18(24)25/h3-8H,1-2H3,(H,22,23)(H,24,25)(H,19,20,21). The Balaban J connectivity index is 2.11. The average molecular weight is 369 g/mol. The molecule has 1 aromatic heterocycles. The van der Waals surface area contributed by atoms with Crippen molar-refractivity contribution >= 4 is 34.3 Å². The molecule has 0 radical (unpaired) electrons. The first-order chi connectivity index (χ1) is 12.9. The third-order valence-electron chi connectivity index (χ3n) is 3.83. The van der Waals surface area contributed by atoms with Crippen LogP contribution in [0.2, 0.25) is 0 Å². The maximum atomic E-state index is 11.3. The molecule has 0 aliphatic carbocycles. The molecule has 0 bridgehead atoms. The van der Waals surface area contributed by atoms with Crippen molar-refractivity contribution in [3.8, 4) is 11.5 Å². The highest BCUT2D eigenvalue weighted by Gasteiger charge is 2.14. The Morgan fingerprint density at radius 3 is 2.04 bits per heavy atom. The molecular weight excluding hydrogens is 354 g/mol. The van der Waals surface area contributed by atoms with E-state index in [0.717, 1.165) is 6.07 Å². The van der Waals surface area contributed by atoms with Crippen LogP contribution in [-0.4, -0.2) is 46.3 Å². The van der Waals surface area contributed by atoms with Crippen LogP contribution in [0.25, 0.3) is 10.9 Å². The number of rotatable bonds is 6. The average Bonchev–Trinajstić information content (AvgIpc) is 2.66. The molecule has 9 heteroatoms. The highest BCUT2D eigenvalue weighted by molar-refractivity contribution is 5.97. The van der Waals surface area contributed by atoms with Crippen molar-refractivity contribution in [3.05, 3.63) is 47.8 Å². The lowest BCUT2D eigenvalue weighted by molar-refractivity contribution is 0.0696. The fraction of sp³-hybridized carbons (Fsp3) is 0.111. The van der Waals surface area contributed by atoms with Gasteiger partial charge in [0.25, 0.3) is 0 Å². The minimum absolute atomic E-state index is 0.157. The Labute approximate surface area is 153 Å². The molecule has 0 saturated heterocycles. The van der Waals surface area contributed by atoms with Crippen LogP contribution in [0.3, 0.4) is 0 Å². The minimum atomic E-state index is -1.24. The molecule has 1 heterocycles. The van der Waals surface area contributed by atoms with Gasteiger partial charge in [-0.1, -0.05) is 0 Å². The van der Waals surface area contributed by atoms with Crippen molar-refractivity contribution in [1.82, 2.24) is 9.97 Å². The molecule has 3 aromatic rings. The Morgan fingerprint density at radius 2 is 1.48 bits per heavy atom. The van der Waals surface area contributed by atoms with Gasteiger partial charge >= 0.3 is 11.9 Å². The Morgan fingerprint density at radius 1 is 0.889 bits per heavy atom. The van der Waals surface area contributed by atoms with E-state index in [2.05, 4.69) is 15.3 Å². The van der Waals surface area contributed by atoms with Gasteiger partial charge in [0, 0.05) is 17.1 Å². The maximum Gasteiger partial charge on any atom is 0.335 e. The number of aromatic nitrogens is 2. The van der Waals surface area contributed by atoms with E-state index in [9.17, 15) is 19.8 Å². The van der Waals surface area contributed by atoms with Crippen molar-refractivity contribution in [3.63, 3.8) is 0 Å². The molecule has 0 fully saturated rings. The molecule has 0 saturated carbocycles. The summed E-state index contributed by atoms with van der Waals surface area (Å²) in [5.74, 6) is -1.15. The number of nitrogens with one attached hydrogen (secondary N) is 1. The number of carboxylic acids is 2. The lowest BCUT2D eigenvalue weighted by Crippen LogP contribution is -2.05. The summed E-state index contributed by atoms with van der Waals surface area (Å²) in [7, 11) is 3.00. The van der Waals surface area contributed by atoms with Crippen molar-refractivity contribution < 1.29 is 29.3 Å². The first-order valence-electron chi connectivity index (χ1n) is 7.68. The summed E-state index contributed by atoms with van der Waals surface area (Å²) in [6.07, 6.45) is 1.33. The summed E-state index contributed by atoms with van der Waals surface area (Å²) in [4.78, 5) is 30.9. The second-order valence-electron chi connectivity index (χ2n) is 5.48. The number of anilines is 2. The van der Waals surface area contributed by atoms with E-state index in [0.29, 0.717) is 28.2 Å². The lowest BCUT2D eigenvalue weighted by Gasteiger charge is -2.13. The molecule has 138 valence electrons. The van der Waals surface area contributed by atoms with Crippen LogP contribution in [-0.2, 0) is 0 Å². The van der Waals surface area contributed by atoms with E-state index in [1.54, 1.807) is 12.1 Å². The van der Waals surface area contributed by atoms with Crippen LogP contribution in [0.4, 0.5) is 11.5 Å². The lowest BCUT2D eigenvalue weighted by atomic mass is 10.1. The van der Waals surface area contributed by atoms with Gasteiger partial charge in [-0.05, 0) is 24.3 Å². The quantitative estimate of drug-likeness (QED) is 0.600. The number of ether oxygens (including phenoxy) is 2. The molecule has 9 nitrogen and oxygen atoms in total. The predicted molar refractivity (Wildman–Crippen MR) is 96.3 cm³/mol. The second kappa shape index (κ2) is 7.16. The SMILES string of the molecule is COc1cc2ncnc(Nc3cc(C(=O)O)cc(C(=O)O)c3)c2cc1OC. The summed E-state index contributed by atoms with van der Waals surface area (Å²) in [6.45, 7) is 0. The number of benzene rings is 2. The first-order valence-corrected chi connectivity index (χ1v) is 7.68. The third-order valence-corrected chi connectivity index (χ3v) is 3.83. The molecule has 0 atom stereocenters. The van der Waals surface area contributed by atoms with Crippen molar-refractivity contribution in [2.24, 2.45) is 0 Å². The largest absolute Gasteiger partial charge is 0.493 e. The van der Waals surface area contributed by atoms with Gasteiger partial charge in [0.2, 0.25) is 0 Å². The Bertz CT molecular complexity index is 1020. The third kappa shape index (κ3) is 3.56. The zero-order valence-electron chi connectivity index (χ0n) is 14.4. The van der Waals surface area contributed by atoms with E-state index >= 15 is 0 Å².